The van der Waals surface area contributed by atoms with Crippen molar-refractivity contribution in [3.8, 4) is 0 Å². The van der Waals surface area contributed by atoms with Crippen molar-refractivity contribution in [2.24, 2.45) is 0 Å². The molecule has 2 nitrogen and oxygen atoms in total. The number of benzene rings is 1. The van der Waals surface area contributed by atoms with Crippen molar-refractivity contribution in [3.05, 3.63) is 64.4 Å². The van der Waals surface area contributed by atoms with Gasteiger partial charge in [0.05, 0.1) is 5.02 Å². The van der Waals surface area contributed by atoms with Crippen LogP contribution >= 0.6 is 11.6 Å². The van der Waals surface area contributed by atoms with Crippen LogP contribution in [0.3, 0.4) is 0 Å². The number of nitrogens with one attached hydrogen (secondary N) is 1. The van der Waals surface area contributed by atoms with E-state index in [0.717, 1.165) is 17.7 Å². The maximum absolute atomic E-state index is 13.9. The number of likely N-dealkylation sites (N-methyl/N-ethyl adjacent to an activating group) is 1. The lowest BCUT2D eigenvalue weighted by Crippen LogP contribution is -2.20. The highest BCUT2D eigenvalue weighted by molar-refractivity contribution is 6.30. The molecule has 1 aromatic heterocycles. The predicted octanol–water partition coefficient (Wildman–Crippen LogP) is 3.52. The SMILES string of the molecule is CNC(Cc1ccncc1)c1cc(F)c(Cl)cc1F. The monoisotopic (exact) mass is 282 g/mol. The van der Waals surface area contributed by atoms with Crippen LogP contribution in [0.4, 0.5) is 8.78 Å². The molecule has 2 rings (SSSR count). The van der Waals surface area contributed by atoms with E-state index in [1.807, 2.05) is 12.1 Å². The fourth-order valence-electron chi connectivity index (χ4n) is 1.93. The Hall–Kier alpha value is -1.52. The Morgan fingerprint density at radius 1 is 1.21 bits per heavy atom. The summed E-state index contributed by atoms with van der Waals surface area (Å²) in [5.74, 6) is -1.13. The number of aromatic nitrogens is 1. The fraction of sp³-hybridized carbons (Fsp3) is 0.214. The first-order chi connectivity index (χ1) is 9.11. The average Bonchev–Trinajstić information content (AvgIpc) is 2.42. The molecule has 0 radical (unpaired) electrons. The molecular formula is C14H13ClF2N2. The summed E-state index contributed by atoms with van der Waals surface area (Å²) < 4.78 is 27.3. The summed E-state index contributed by atoms with van der Waals surface area (Å²) in [7, 11) is 1.71. The van der Waals surface area contributed by atoms with Crippen LogP contribution in [-0.4, -0.2) is 12.0 Å². The van der Waals surface area contributed by atoms with E-state index in [2.05, 4.69) is 10.3 Å². The first kappa shape index (κ1) is 13.9. The second kappa shape index (κ2) is 6.08. The lowest BCUT2D eigenvalue weighted by atomic mass is 9.99. The molecule has 1 heterocycles. The highest BCUT2D eigenvalue weighted by atomic mass is 35.5. The minimum atomic E-state index is -0.618. The van der Waals surface area contributed by atoms with E-state index in [0.29, 0.717) is 6.42 Å². The van der Waals surface area contributed by atoms with Gasteiger partial charge in [0.2, 0.25) is 0 Å². The summed E-state index contributed by atoms with van der Waals surface area (Å²) in [6.07, 6.45) is 3.87. The molecule has 0 aliphatic heterocycles. The lowest BCUT2D eigenvalue weighted by molar-refractivity contribution is 0.523. The summed E-state index contributed by atoms with van der Waals surface area (Å²) in [4.78, 5) is 3.92. The quantitative estimate of drug-likeness (QED) is 0.868. The van der Waals surface area contributed by atoms with Crippen LogP contribution in [0.2, 0.25) is 5.02 Å². The van der Waals surface area contributed by atoms with Crippen molar-refractivity contribution < 1.29 is 8.78 Å². The minimum absolute atomic E-state index is 0.208. The second-order valence-corrected chi connectivity index (χ2v) is 4.60. The molecule has 19 heavy (non-hydrogen) atoms. The van der Waals surface area contributed by atoms with Crippen molar-refractivity contribution in [2.45, 2.75) is 12.5 Å². The van der Waals surface area contributed by atoms with E-state index < -0.39 is 11.6 Å². The van der Waals surface area contributed by atoms with Crippen LogP contribution in [0.5, 0.6) is 0 Å². The van der Waals surface area contributed by atoms with Crippen LogP contribution in [0.25, 0.3) is 0 Å². The summed E-state index contributed by atoms with van der Waals surface area (Å²) >= 11 is 5.55. The Morgan fingerprint density at radius 3 is 2.53 bits per heavy atom. The first-order valence-corrected chi connectivity index (χ1v) is 6.20. The van der Waals surface area contributed by atoms with E-state index in [4.69, 9.17) is 11.6 Å². The Labute approximate surface area is 115 Å². The zero-order valence-electron chi connectivity index (χ0n) is 10.3. The smallest absolute Gasteiger partial charge is 0.142 e. The number of pyridine rings is 1. The third-order valence-electron chi connectivity index (χ3n) is 2.95. The average molecular weight is 283 g/mol. The van der Waals surface area contributed by atoms with Gasteiger partial charge in [-0.25, -0.2) is 8.78 Å². The highest BCUT2D eigenvalue weighted by Gasteiger charge is 2.17. The van der Waals surface area contributed by atoms with Gasteiger partial charge in [-0.3, -0.25) is 4.98 Å². The number of hydrogen-bond acceptors (Lipinski definition) is 2. The van der Waals surface area contributed by atoms with Crippen molar-refractivity contribution >= 4 is 11.6 Å². The summed E-state index contributed by atoms with van der Waals surface area (Å²) in [5.41, 5.74) is 1.25. The normalized spacial score (nSPS) is 12.4. The van der Waals surface area contributed by atoms with Gasteiger partial charge in [-0.1, -0.05) is 11.6 Å². The van der Waals surface area contributed by atoms with Crippen LogP contribution in [0.1, 0.15) is 17.2 Å². The standard InChI is InChI=1S/C14H13ClF2N2/c1-18-14(6-9-2-4-19-5-3-9)10-7-13(17)11(15)8-12(10)16/h2-5,7-8,14,18H,6H2,1H3. The van der Waals surface area contributed by atoms with Crippen LogP contribution in [0.15, 0.2) is 36.7 Å². The van der Waals surface area contributed by atoms with Crippen LogP contribution < -0.4 is 5.32 Å². The molecular weight excluding hydrogens is 270 g/mol. The maximum Gasteiger partial charge on any atom is 0.142 e. The molecule has 1 N–H and O–H groups in total. The molecule has 1 aromatic carbocycles. The maximum atomic E-state index is 13.9. The Bertz CT molecular complexity index is 561. The number of nitrogens with zero attached hydrogens (tertiary/aromatic N) is 1. The molecule has 0 amide bonds. The summed E-state index contributed by atoms with van der Waals surface area (Å²) in [6, 6.07) is 5.50. The third kappa shape index (κ3) is 3.28. The lowest BCUT2D eigenvalue weighted by Gasteiger charge is -2.18. The summed E-state index contributed by atoms with van der Waals surface area (Å²) in [6.45, 7) is 0. The van der Waals surface area contributed by atoms with E-state index in [1.54, 1.807) is 19.4 Å². The van der Waals surface area contributed by atoms with Gasteiger partial charge in [0.25, 0.3) is 0 Å². The minimum Gasteiger partial charge on any atom is -0.313 e. The zero-order valence-corrected chi connectivity index (χ0v) is 11.1. The van der Waals surface area contributed by atoms with Gasteiger partial charge in [0, 0.05) is 24.0 Å². The van der Waals surface area contributed by atoms with E-state index in [-0.39, 0.29) is 16.6 Å². The fourth-order valence-corrected chi connectivity index (χ4v) is 2.08. The van der Waals surface area contributed by atoms with Gasteiger partial charge in [-0.2, -0.15) is 0 Å². The van der Waals surface area contributed by atoms with Crippen molar-refractivity contribution in [1.82, 2.24) is 10.3 Å². The molecule has 0 bridgehead atoms. The zero-order chi connectivity index (χ0) is 13.8. The molecule has 5 heteroatoms. The molecule has 0 saturated carbocycles. The Kier molecular flexibility index (Phi) is 4.45. The molecule has 0 aliphatic carbocycles. The van der Waals surface area contributed by atoms with Gasteiger partial charge >= 0.3 is 0 Å². The van der Waals surface area contributed by atoms with Crippen LogP contribution in [-0.2, 0) is 6.42 Å². The van der Waals surface area contributed by atoms with Gasteiger partial charge < -0.3 is 5.32 Å². The first-order valence-electron chi connectivity index (χ1n) is 5.82. The Morgan fingerprint density at radius 2 is 1.89 bits per heavy atom. The van der Waals surface area contributed by atoms with Crippen molar-refractivity contribution in [1.29, 1.82) is 0 Å². The van der Waals surface area contributed by atoms with Gasteiger partial charge in [-0.15, -0.1) is 0 Å². The largest absolute Gasteiger partial charge is 0.313 e. The molecule has 1 unspecified atom stereocenters. The van der Waals surface area contributed by atoms with Gasteiger partial charge in [-0.05, 0) is 43.3 Å². The van der Waals surface area contributed by atoms with Crippen molar-refractivity contribution in [2.75, 3.05) is 7.05 Å². The molecule has 0 spiro atoms. The van der Waals surface area contributed by atoms with E-state index >= 15 is 0 Å². The van der Waals surface area contributed by atoms with Gasteiger partial charge in [0.1, 0.15) is 11.6 Å². The topological polar surface area (TPSA) is 24.9 Å². The molecule has 1 atom stereocenters. The van der Waals surface area contributed by atoms with E-state index in [9.17, 15) is 8.78 Å². The molecule has 0 saturated heterocycles. The molecule has 0 aliphatic rings. The van der Waals surface area contributed by atoms with Gasteiger partial charge in [0.15, 0.2) is 0 Å². The van der Waals surface area contributed by atoms with Crippen molar-refractivity contribution in [3.63, 3.8) is 0 Å². The number of hydrogen-bond donors (Lipinski definition) is 1. The third-order valence-corrected chi connectivity index (χ3v) is 3.24. The molecule has 0 fully saturated rings. The number of halogens is 3. The molecule has 100 valence electrons. The number of rotatable bonds is 4. The summed E-state index contributed by atoms with van der Waals surface area (Å²) in [5, 5.41) is 2.78. The van der Waals surface area contributed by atoms with E-state index in [1.165, 1.54) is 0 Å². The van der Waals surface area contributed by atoms with Crippen LogP contribution in [0, 0.1) is 11.6 Å². The highest BCUT2D eigenvalue weighted by Crippen LogP contribution is 2.25. The second-order valence-electron chi connectivity index (χ2n) is 4.19. The Balaban J connectivity index is 2.30. The molecule has 2 aromatic rings. The predicted molar refractivity (Wildman–Crippen MR) is 71.1 cm³/mol.